The maximum absolute atomic E-state index is 12.2. The van der Waals surface area contributed by atoms with Crippen LogP contribution in [0.15, 0.2) is 48.5 Å². The number of urea groups is 1. The largest absolute Gasteiger partial charge is 0.465 e. The normalized spacial score (nSPS) is 10.2. The number of hydrogen-bond acceptors (Lipinski definition) is 4. The predicted octanol–water partition coefficient (Wildman–Crippen LogP) is 2.88. The van der Waals surface area contributed by atoms with Crippen LogP contribution in [-0.2, 0) is 17.8 Å². The summed E-state index contributed by atoms with van der Waals surface area (Å²) in [5, 5.41) is 2.91. The lowest BCUT2D eigenvalue weighted by atomic mass is 10.1. The molecule has 0 fully saturated rings. The van der Waals surface area contributed by atoms with Crippen molar-refractivity contribution in [1.82, 2.24) is 10.2 Å². The number of benzene rings is 2. The molecule has 0 heterocycles. The molecule has 26 heavy (non-hydrogen) atoms. The first-order valence-electron chi connectivity index (χ1n) is 8.33. The fourth-order valence-corrected chi connectivity index (χ4v) is 2.43. The number of amides is 2. The minimum atomic E-state index is -0.372. The Morgan fingerprint density at radius 3 is 2.04 bits per heavy atom. The Balaban J connectivity index is 1.86. The number of ether oxygens (including phenoxy) is 1. The van der Waals surface area contributed by atoms with E-state index >= 15 is 0 Å². The summed E-state index contributed by atoms with van der Waals surface area (Å²) in [5.74, 6) is -0.372. The van der Waals surface area contributed by atoms with Gasteiger partial charge in [0, 0.05) is 39.9 Å². The van der Waals surface area contributed by atoms with E-state index in [-0.39, 0.29) is 12.0 Å². The molecule has 0 unspecified atom stereocenters. The number of rotatable bonds is 6. The zero-order valence-electron chi connectivity index (χ0n) is 15.7. The van der Waals surface area contributed by atoms with Gasteiger partial charge < -0.3 is 19.9 Å². The van der Waals surface area contributed by atoms with Crippen molar-refractivity contribution in [2.45, 2.75) is 13.1 Å². The average Bonchev–Trinajstić information content (AvgIpc) is 2.66. The van der Waals surface area contributed by atoms with Gasteiger partial charge in [-0.2, -0.15) is 0 Å². The third kappa shape index (κ3) is 5.24. The number of methoxy groups -OCH3 is 1. The fourth-order valence-electron chi connectivity index (χ4n) is 2.43. The summed E-state index contributed by atoms with van der Waals surface area (Å²) in [6, 6.07) is 14.9. The Kier molecular flexibility index (Phi) is 6.60. The molecule has 0 saturated heterocycles. The quantitative estimate of drug-likeness (QED) is 0.810. The number of carbonyl (C=O) groups is 2. The van der Waals surface area contributed by atoms with Crippen LogP contribution in [0.2, 0.25) is 0 Å². The average molecular weight is 355 g/mol. The SMILES string of the molecule is COC(=O)c1ccc(CN(C)C(=O)NCc2ccc(N(C)C)cc2)cc1. The van der Waals surface area contributed by atoms with E-state index in [1.54, 1.807) is 24.1 Å². The number of nitrogens with zero attached hydrogens (tertiary/aromatic N) is 2. The van der Waals surface area contributed by atoms with Crippen molar-refractivity contribution in [3.05, 3.63) is 65.2 Å². The summed E-state index contributed by atoms with van der Waals surface area (Å²) < 4.78 is 4.67. The molecule has 0 saturated carbocycles. The lowest BCUT2D eigenvalue weighted by Crippen LogP contribution is -2.36. The summed E-state index contributed by atoms with van der Waals surface area (Å²) in [6.45, 7) is 0.922. The smallest absolute Gasteiger partial charge is 0.337 e. The molecule has 0 aliphatic heterocycles. The number of hydrogen-bond donors (Lipinski definition) is 1. The molecular formula is C20H25N3O3. The molecule has 6 heteroatoms. The van der Waals surface area contributed by atoms with E-state index in [4.69, 9.17) is 0 Å². The van der Waals surface area contributed by atoms with Crippen LogP contribution in [0.4, 0.5) is 10.5 Å². The molecule has 0 spiro atoms. The van der Waals surface area contributed by atoms with Gasteiger partial charge in [0.2, 0.25) is 0 Å². The van der Waals surface area contributed by atoms with Crippen LogP contribution in [-0.4, -0.2) is 45.2 Å². The Labute approximate surface area is 154 Å². The standard InChI is InChI=1S/C20H25N3O3/c1-22(2)18-11-7-15(8-12-18)13-21-20(25)23(3)14-16-5-9-17(10-6-16)19(24)26-4/h5-12H,13-14H2,1-4H3,(H,21,25). The van der Waals surface area contributed by atoms with E-state index < -0.39 is 0 Å². The second-order valence-corrected chi connectivity index (χ2v) is 6.26. The molecular weight excluding hydrogens is 330 g/mol. The molecule has 138 valence electrons. The van der Waals surface area contributed by atoms with Gasteiger partial charge in [-0.25, -0.2) is 9.59 Å². The first kappa shape index (κ1) is 19.3. The van der Waals surface area contributed by atoms with Gasteiger partial charge in [-0.3, -0.25) is 0 Å². The van der Waals surface area contributed by atoms with Gasteiger partial charge in [-0.1, -0.05) is 24.3 Å². The van der Waals surface area contributed by atoms with Crippen molar-refractivity contribution < 1.29 is 14.3 Å². The minimum absolute atomic E-state index is 0.154. The van der Waals surface area contributed by atoms with Crippen LogP contribution >= 0.6 is 0 Å². The summed E-state index contributed by atoms with van der Waals surface area (Å²) >= 11 is 0. The number of carbonyl (C=O) groups excluding carboxylic acids is 2. The van der Waals surface area contributed by atoms with Gasteiger partial charge in [0.1, 0.15) is 0 Å². The second-order valence-electron chi connectivity index (χ2n) is 6.26. The van der Waals surface area contributed by atoms with Crippen LogP contribution in [0.25, 0.3) is 0 Å². The molecule has 2 rings (SSSR count). The first-order chi connectivity index (χ1) is 12.4. The number of anilines is 1. The van der Waals surface area contributed by atoms with E-state index in [1.165, 1.54) is 7.11 Å². The highest BCUT2D eigenvalue weighted by atomic mass is 16.5. The minimum Gasteiger partial charge on any atom is -0.465 e. The summed E-state index contributed by atoms with van der Waals surface area (Å²) in [4.78, 5) is 27.3. The topological polar surface area (TPSA) is 61.9 Å². The maximum atomic E-state index is 12.2. The van der Waals surface area contributed by atoms with Crippen molar-refractivity contribution in [1.29, 1.82) is 0 Å². The highest BCUT2D eigenvalue weighted by molar-refractivity contribution is 5.89. The lowest BCUT2D eigenvalue weighted by molar-refractivity contribution is 0.0600. The van der Waals surface area contributed by atoms with Crippen LogP contribution in [0, 0.1) is 0 Å². The van der Waals surface area contributed by atoms with Gasteiger partial charge in [-0.05, 0) is 35.4 Å². The molecule has 0 aliphatic rings. The molecule has 2 amide bonds. The first-order valence-corrected chi connectivity index (χ1v) is 8.33. The van der Waals surface area contributed by atoms with E-state index in [0.29, 0.717) is 18.7 Å². The molecule has 0 atom stereocenters. The molecule has 0 aliphatic carbocycles. The molecule has 0 aromatic heterocycles. The van der Waals surface area contributed by atoms with Gasteiger partial charge in [0.05, 0.1) is 12.7 Å². The molecule has 0 bridgehead atoms. The maximum Gasteiger partial charge on any atom is 0.337 e. The third-order valence-corrected chi connectivity index (χ3v) is 4.04. The summed E-state index contributed by atoms with van der Waals surface area (Å²) in [5.41, 5.74) is 3.59. The molecule has 0 radical (unpaired) electrons. The summed E-state index contributed by atoms with van der Waals surface area (Å²) in [7, 11) is 7.06. The number of nitrogens with one attached hydrogen (secondary N) is 1. The highest BCUT2D eigenvalue weighted by Crippen LogP contribution is 2.12. The van der Waals surface area contributed by atoms with Crippen LogP contribution in [0.1, 0.15) is 21.5 Å². The Morgan fingerprint density at radius 2 is 1.50 bits per heavy atom. The number of esters is 1. The van der Waals surface area contributed by atoms with Crippen molar-refractivity contribution in [2.75, 3.05) is 33.2 Å². The lowest BCUT2D eigenvalue weighted by Gasteiger charge is -2.18. The fraction of sp³-hybridized carbons (Fsp3) is 0.300. The van der Waals surface area contributed by atoms with E-state index in [2.05, 4.69) is 10.1 Å². The predicted molar refractivity (Wildman–Crippen MR) is 102 cm³/mol. The van der Waals surface area contributed by atoms with Gasteiger partial charge in [0.25, 0.3) is 0 Å². The van der Waals surface area contributed by atoms with Crippen LogP contribution in [0.5, 0.6) is 0 Å². The molecule has 2 aromatic rings. The van der Waals surface area contributed by atoms with Gasteiger partial charge >= 0.3 is 12.0 Å². The van der Waals surface area contributed by atoms with Crippen molar-refractivity contribution >= 4 is 17.7 Å². The van der Waals surface area contributed by atoms with Crippen LogP contribution in [0.3, 0.4) is 0 Å². The van der Waals surface area contributed by atoms with E-state index in [9.17, 15) is 9.59 Å². The van der Waals surface area contributed by atoms with E-state index in [0.717, 1.165) is 16.8 Å². The Morgan fingerprint density at radius 1 is 0.923 bits per heavy atom. The van der Waals surface area contributed by atoms with Crippen LogP contribution < -0.4 is 10.2 Å². The van der Waals surface area contributed by atoms with Gasteiger partial charge in [0.15, 0.2) is 0 Å². The second kappa shape index (κ2) is 8.89. The zero-order chi connectivity index (χ0) is 19.1. The Bertz CT molecular complexity index is 740. The molecule has 2 aromatic carbocycles. The molecule has 6 nitrogen and oxygen atoms in total. The monoisotopic (exact) mass is 355 g/mol. The van der Waals surface area contributed by atoms with E-state index in [1.807, 2.05) is 55.4 Å². The molecule has 1 N–H and O–H groups in total. The summed E-state index contributed by atoms with van der Waals surface area (Å²) in [6.07, 6.45) is 0. The van der Waals surface area contributed by atoms with Crippen molar-refractivity contribution in [3.8, 4) is 0 Å². The third-order valence-electron chi connectivity index (χ3n) is 4.04. The highest BCUT2D eigenvalue weighted by Gasteiger charge is 2.10. The van der Waals surface area contributed by atoms with Crippen molar-refractivity contribution in [3.63, 3.8) is 0 Å². The Hall–Kier alpha value is -3.02. The zero-order valence-corrected chi connectivity index (χ0v) is 15.7. The van der Waals surface area contributed by atoms with Gasteiger partial charge in [-0.15, -0.1) is 0 Å². The van der Waals surface area contributed by atoms with Crippen molar-refractivity contribution in [2.24, 2.45) is 0 Å².